The maximum atomic E-state index is 12.5. The fraction of sp³-hybridized carbons (Fsp3) is 0.368. The summed E-state index contributed by atoms with van der Waals surface area (Å²) in [5.41, 5.74) is 1.35. The Balaban J connectivity index is 1.33. The van der Waals surface area contributed by atoms with Crippen LogP contribution in [0.2, 0.25) is 0 Å². The number of furan rings is 1. The van der Waals surface area contributed by atoms with Gasteiger partial charge in [-0.1, -0.05) is 11.8 Å². The van der Waals surface area contributed by atoms with Crippen LogP contribution in [0.3, 0.4) is 0 Å². The number of nitrogens with one attached hydrogen (secondary N) is 1. The third-order valence-electron chi connectivity index (χ3n) is 4.65. The SMILES string of the molecule is CN(CC(=O)NCc1ccco1)C(=O)CSc1ncnc2sc3c(c12)CCC3. The molecule has 0 saturated heterocycles. The lowest BCUT2D eigenvalue weighted by atomic mass is 10.2. The summed E-state index contributed by atoms with van der Waals surface area (Å²) in [5, 5.41) is 4.70. The van der Waals surface area contributed by atoms with Gasteiger partial charge in [0.2, 0.25) is 11.8 Å². The number of nitrogens with zero attached hydrogens (tertiary/aromatic N) is 3. The van der Waals surface area contributed by atoms with Crippen LogP contribution >= 0.6 is 23.1 Å². The smallest absolute Gasteiger partial charge is 0.239 e. The van der Waals surface area contributed by atoms with Gasteiger partial charge in [0.25, 0.3) is 0 Å². The van der Waals surface area contributed by atoms with E-state index in [4.69, 9.17) is 4.42 Å². The molecular formula is C19H20N4O3S2. The minimum absolute atomic E-state index is 0.00708. The first kappa shape index (κ1) is 18.9. The molecule has 0 bridgehead atoms. The molecule has 1 N–H and O–H groups in total. The Labute approximate surface area is 170 Å². The highest BCUT2D eigenvalue weighted by Gasteiger charge is 2.22. The molecule has 2 amide bonds. The summed E-state index contributed by atoms with van der Waals surface area (Å²) in [6.45, 7) is 0.317. The van der Waals surface area contributed by atoms with Crippen molar-refractivity contribution in [3.63, 3.8) is 0 Å². The van der Waals surface area contributed by atoms with Gasteiger partial charge in [-0.3, -0.25) is 9.59 Å². The van der Waals surface area contributed by atoms with E-state index in [9.17, 15) is 9.59 Å². The summed E-state index contributed by atoms with van der Waals surface area (Å²) in [6, 6.07) is 3.55. The zero-order chi connectivity index (χ0) is 19.5. The van der Waals surface area contributed by atoms with Gasteiger partial charge in [-0.15, -0.1) is 11.3 Å². The number of likely N-dealkylation sites (N-methyl/N-ethyl adjacent to an activating group) is 1. The van der Waals surface area contributed by atoms with Crippen LogP contribution in [-0.4, -0.2) is 46.0 Å². The predicted molar refractivity (Wildman–Crippen MR) is 108 cm³/mol. The first-order valence-corrected chi connectivity index (χ1v) is 10.8. The average molecular weight is 417 g/mol. The van der Waals surface area contributed by atoms with E-state index in [-0.39, 0.29) is 24.1 Å². The van der Waals surface area contributed by atoms with E-state index < -0.39 is 0 Å². The summed E-state index contributed by atoms with van der Waals surface area (Å²) in [5.74, 6) is 0.571. The first-order chi connectivity index (χ1) is 13.6. The minimum atomic E-state index is -0.225. The van der Waals surface area contributed by atoms with Crippen molar-refractivity contribution in [2.45, 2.75) is 30.8 Å². The van der Waals surface area contributed by atoms with Crippen molar-refractivity contribution in [2.75, 3.05) is 19.3 Å². The summed E-state index contributed by atoms with van der Waals surface area (Å²) < 4.78 is 5.17. The lowest BCUT2D eigenvalue weighted by molar-refractivity contribution is -0.132. The zero-order valence-electron chi connectivity index (χ0n) is 15.4. The molecule has 3 heterocycles. The van der Waals surface area contributed by atoms with Crippen LogP contribution in [0.15, 0.2) is 34.2 Å². The van der Waals surface area contributed by atoms with E-state index in [0.29, 0.717) is 12.3 Å². The number of rotatable bonds is 7. The van der Waals surface area contributed by atoms with Gasteiger partial charge in [0.05, 0.1) is 25.1 Å². The highest BCUT2D eigenvalue weighted by molar-refractivity contribution is 8.00. The van der Waals surface area contributed by atoms with Crippen LogP contribution in [0.4, 0.5) is 0 Å². The molecular weight excluding hydrogens is 396 g/mol. The number of carbonyl (C=O) groups excluding carboxylic acids is 2. The van der Waals surface area contributed by atoms with Crippen molar-refractivity contribution < 1.29 is 14.0 Å². The van der Waals surface area contributed by atoms with Crippen LogP contribution in [0.1, 0.15) is 22.6 Å². The van der Waals surface area contributed by atoms with Crippen LogP contribution in [0.25, 0.3) is 10.2 Å². The molecule has 146 valence electrons. The number of fused-ring (bicyclic) bond motifs is 3. The number of thioether (sulfide) groups is 1. The Bertz CT molecular complexity index is 1000. The molecule has 1 aliphatic carbocycles. The quantitative estimate of drug-likeness (QED) is 0.471. The van der Waals surface area contributed by atoms with Crippen molar-refractivity contribution in [1.82, 2.24) is 20.2 Å². The maximum Gasteiger partial charge on any atom is 0.239 e. The molecule has 0 aromatic carbocycles. The fourth-order valence-corrected chi connectivity index (χ4v) is 5.47. The molecule has 3 aromatic heterocycles. The van der Waals surface area contributed by atoms with E-state index in [2.05, 4.69) is 15.3 Å². The third kappa shape index (κ3) is 4.05. The molecule has 7 nitrogen and oxygen atoms in total. The van der Waals surface area contributed by atoms with Gasteiger partial charge in [-0.25, -0.2) is 9.97 Å². The number of aromatic nitrogens is 2. The number of carbonyl (C=O) groups is 2. The van der Waals surface area contributed by atoms with Gasteiger partial charge in [0, 0.05) is 17.3 Å². The molecule has 4 rings (SSSR count). The topological polar surface area (TPSA) is 88.3 Å². The molecule has 0 aliphatic heterocycles. The number of hydrogen-bond donors (Lipinski definition) is 1. The largest absolute Gasteiger partial charge is 0.467 e. The van der Waals surface area contributed by atoms with Gasteiger partial charge in [-0.05, 0) is 37.0 Å². The third-order valence-corrected chi connectivity index (χ3v) is 6.82. The predicted octanol–water partition coefficient (Wildman–Crippen LogP) is 2.64. The Morgan fingerprint density at radius 2 is 2.25 bits per heavy atom. The zero-order valence-corrected chi connectivity index (χ0v) is 17.1. The molecule has 0 radical (unpaired) electrons. The molecule has 0 saturated carbocycles. The standard InChI is InChI=1S/C19H20N4O3S2/c1-23(9-15(24)20-8-12-4-3-7-26-12)16(25)10-27-18-17-13-5-2-6-14(13)28-19(17)22-11-21-18/h3-4,7,11H,2,5-6,8-10H2,1H3,(H,20,24). The second-order valence-corrected chi connectivity index (χ2v) is 8.66. The van der Waals surface area contributed by atoms with Crippen LogP contribution in [-0.2, 0) is 29.0 Å². The summed E-state index contributed by atoms with van der Waals surface area (Å²) >= 11 is 3.15. The van der Waals surface area contributed by atoms with Crippen LogP contribution in [0.5, 0.6) is 0 Å². The second-order valence-electron chi connectivity index (χ2n) is 6.61. The second kappa shape index (κ2) is 8.32. The van der Waals surface area contributed by atoms with Crippen LogP contribution < -0.4 is 5.32 Å². The normalized spacial score (nSPS) is 12.9. The van der Waals surface area contributed by atoms with Crippen molar-refractivity contribution in [1.29, 1.82) is 0 Å². The molecule has 9 heteroatoms. The average Bonchev–Trinajstić information content (AvgIpc) is 3.41. The Morgan fingerprint density at radius 3 is 3.07 bits per heavy atom. The molecule has 0 spiro atoms. The molecule has 0 atom stereocenters. The van der Waals surface area contributed by atoms with E-state index >= 15 is 0 Å². The van der Waals surface area contributed by atoms with Gasteiger partial charge in [0.1, 0.15) is 21.9 Å². The van der Waals surface area contributed by atoms with E-state index in [1.807, 2.05) is 0 Å². The number of thiophene rings is 1. The lowest BCUT2D eigenvalue weighted by Gasteiger charge is -2.16. The fourth-order valence-electron chi connectivity index (χ4n) is 3.21. The Morgan fingerprint density at radius 1 is 1.36 bits per heavy atom. The number of hydrogen-bond acceptors (Lipinski definition) is 7. The number of aryl methyl sites for hydroxylation is 2. The van der Waals surface area contributed by atoms with Crippen molar-refractivity contribution in [3.8, 4) is 0 Å². The molecule has 0 fully saturated rings. The monoisotopic (exact) mass is 416 g/mol. The van der Waals surface area contributed by atoms with E-state index in [0.717, 1.165) is 28.1 Å². The Hall–Kier alpha value is -2.39. The van der Waals surface area contributed by atoms with Gasteiger partial charge in [0.15, 0.2) is 0 Å². The molecule has 1 aliphatic rings. The van der Waals surface area contributed by atoms with Gasteiger partial charge in [-0.2, -0.15) is 0 Å². The summed E-state index contributed by atoms with van der Waals surface area (Å²) in [7, 11) is 1.63. The van der Waals surface area contributed by atoms with E-state index in [1.54, 1.807) is 43.1 Å². The molecule has 3 aromatic rings. The van der Waals surface area contributed by atoms with Gasteiger partial charge < -0.3 is 14.6 Å². The molecule has 0 unspecified atom stereocenters. The van der Waals surface area contributed by atoms with Crippen molar-refractivity contribution >= 4 is 45.1 Å². The summed E-state index contributed by atoms with van der Waals surface area (Å²) in [6.07, 6.45) is 6.45. The van der Waals surface area contributed by atoms with Crippen molar-refractivity contribution in [3.05, 3.63) is 40.9 Å². The lowest BCUT2D eigenvalue weighted by Crippen LogP contribution is -2.38. The minimum Gasteiger partial charge on any atom is -0.467 e. The maximum absolute atomic E-state index is 12.5. The Kier molecular flexibility index (Phi) is 5.63. The van der Waals surface area contributed by atoms with Crippen molar-refractivity contribution in [2.24, 2.45) is 0 Å². The summed E-state index contributed by atoms with van der Waals surface area (Å²) in [4.78, 5) is 37.1. The van der Waals surface area contributed by atoms with E-state index in [1.165, 1.54) is 33.5 Å². The molecule has 28 heavy (non-hydrogen) atoms. The highest BCUT2D eigenvalue weighted by Crippen LogP contribution is 2.39. The van der Waals surface area contributed by atoms with Crippen LogP contribution in [0, 0.1) is 0 Å². The van der Waals surface area contributed by atoms with Gasteiger partial charge >= 0.3 is 0 Å². The highest BCUT2D eigenvalue weighted by atomic mass is 32.2. The first-order valence-electron chi connectivity index (χ1n) is 9.03. The number of amides is 2.